The van der Waals surface area contributed by atoms with Crippen LogP contribution in [-0.2, 0) is 17.7 Å². The minimum absolute atomic E-state index is 0.367. The Kier molecular flexibility index (Phi) is 3.65. The SMILES string of the molecule is COC(=O)c1ccc(-n2nc(C#N)c3c2CCN(C)C3)cc1. The van der Waals surface area contributed by atoms with E-state index in [0.717, 1.165) is 36.5 Å². The summed E-state index contributed by atoms with van der Waals surface area (Å²) in [6, 6.07) is 9.22. The number of hydrogen-bond acceptors (Lipinski definition) is 5. The highest BCUT2D eigenvalue weighted by Crippen LogP contribution is 2.24. The zero-order valence-corrected chi connectivity index (χ0v) is 12.5. The lowest BCUT2D eigenvalue weighted by molar-refractivity contribution is 0.0601. The van der Waals surface area contributed by atoms with Gasteiger partial charge in [0.2, 0.25) is 0 Å². The fourth-order valence-electron chi connectivity index (χ4n) is 2.71. The first-order valence-corrected chi connectivity index (χ1v) is 7.02. The van der Waals surface area contributed by atoms with Crippen LogP contribution < -0.4 is 0 Å². The molecule has 0 aliphatic carbocycles. The summed E-state index contributed by atoms with van der Waals surface area (Å²) in [6.07, 6.45) is 0.846. The first kappa shape index (κ1) is 14.3. The Morgan fingerprint density at radius 3 is 2.73 bits per heavy atom. The lowest BCUT2D eigenvalue weighted by atomic mass is 10.1. The van der Waals surface area contributed by atoms with Crippen molar-refractivity contribution in [2.24, 2.45) is 0 Å². The molecule has 0 saturated carbocycles. The first-order chi connectivity index (χ1) is 10.6. The number of fused-ring (bicyclic) bond motifs is 1. The lowest BCUT2D eigenvalue weighted by Crippen LogP contribution is -2.27. The first-order valence-electron chi connectivity index (χ1n) is 7.02. The van der Waals surface area contributed by atoms with E-state index in [2.05, 4.69) is 16.1 Å². The van der Waals surface area contributed by atoms with Crippen molar-refractivity contribution in [2.75, 3.05) is 20.7 Å². The standard InChI is InChI=1S/C16H16N4O2/c1-19-8-7-15-13(10-19)14(9-17)18-20(15)12-5-3-11(4-6-12)16(21)22-2/h3-6H,7-8,10H2,1-2H3. The van der Waals surface area contributed by atoms with Crippen molar-refractivity contribution in [3.8, 4) is 11.8 Å². The van der Waals surface area contributed by atoms with Crippen LogP contribution in [0, 0.1) is 11.3 Å². The minimum Gasteiger partial charge on any atom is -0.465 e. The number of rotatable bonds is 2. The van der Waals surface area contributed by atoms with Crippen LogP contribution in [0.15, 0.2) is 24.3 Å². The molecular weight excluding hydrogens is 280 g/mol. The average Bonchev–Trinajstić information content (AvgIpc) is 2.92. The molecule has 1 aromatic heterocycles. The third kappa shape index (κ3) is 2.36. The Bertz CT molecular complexity index is 756. The quantitative estimate of drug-likeness (QED) is 0.786. The zero-order valence-electron chi connectivity index (χ0n) is 12.5. The Labute approximate surface area is 128 Å². The van der Waals surface area contributed by atoms with Gasteiger partial charge in [0.15, 0.2) is 5.69 Å². The second-order valence-electron chi connectivity index (χ2n) is 5.32. The van der Waals surface area contributed by atoms with Crippen LogP contribution in [0.2, 0.25) is 0 Å². The molecule has 2 aromatic rings. The Hall–Kier alpha value is -2.65. The molecule has 0 saturated heterocycles. The van der Waals surface area contributed by atoms with Crippen LogP contribution in [0.25, 0.3) is 5.69 Å². The number of likely N-dealkylation sites (N-methyl/N-ethyl adjacent to an activating group) is 1. The predicted octanol–water partition coefficient (Wildman–Crippen LogP) is 1.52. The number of benzene rings is 1. The molecule has 0 amide bonds. The summed E-state index contributed by atoms with van der Waals surface area (Å²) in [5.74, 6) is -0.367. The van der Waals surface area contributed by atoms with Crippen LogP contribution in [0.3, 0.4) is 0 Å². The number of esters is 1. The number of ether oxygens (including phenoxy) is 1. The molecule has 0 N–H and O–H groups in total. The molecule has 112 valence electrons. The smallest absolute Gasteiger partial charge is 0.337 e. The highest BCUT2D eigenvalue weighted by molar-refractivity contribution is 5.89. The Balaban J connectivity index is 2.02. The summed E-state index contributed by atoms with van der Waals surface area (Å²) in [6.45, 7) is 1.67. The van der Waals surface area contributed by atoms with Crippen molar-refractivity contribution >= 4 is 5.97 Å². The van der Waals surface area contributed by atoms with E-state index in [4.69, 9.17) is 4.74 Å². The number of nitriles is 1. The lowest BCUT2D eigenvalue weighted by Gasteiger charge is -2.23. The molecule has 22 heavy (non-hydrogen) atoms. The van der Waals surface area contributed by atoms with E-state index in [0.29, 0.717) is 11.3 Å². The van der Waals surface area contributed by atoms with Gasteiger partial charge < -0.3 is 9.64 Å². The third-order valence-corrected chi connectivity index (χ3v) is 3.89. The van der Waals surface area contributed by atoms with Gasteiger partial charge in [-0.05, 0) is 31.3 Å². The molecule has 3 rings (SSSR count). The molecule has 1 aromatic carbocycles. The van der Waals surface area contributed by atoms with Gasteiger partial charge in [0.1, 0.15) is 6.07 Å². The molecule has 6 nitrogen and oxygen atoms in total. The summed E-state index contributed by atoms with van der Waals surface area (Å²) in [5, 5.41) is 13.7. The molecule has 0 fully saturated rings. The molecule has 1 aliphatic heterocycles. The van der Waals surface area contributed by atoms with Gasteiger partial charge in [-0.2, -0.15) is 10.4 Å². The van der Waals surface area contributed by atoms with E-state index < -0.39 is 0 Å². The predicted molar refractivity (Wildman–Crippen MR) is 79.7 cm³/mol. The second-order valence-corrected chi connectivity index (χ2v) is 5.32. The molecule has 1 aliphatic rings. The maximum absolute atomic E-state index is 11.5. The fraction of sp³-hybridized carbons (Fsp3) is 0.312. The van der Waals surface area contributed by atoms with Gasteiger partial charge in [0.05, 0.1) is 24.1 Å². The van der Waals surface area contributed by atoms with Crippen LogP contribution in [-0.4, -0.2) is 41.4 Å². The largest absolute Gasteiger partial charge is 0.465 e. The maximum Gasteiger partial charge on any atom is 0.337 e. The summed E-state index contributed by atoms with van der Waals surface area (Å²) in [4.78, 5) is 13.7. The van der Waals surface area contributed by atoms with Gasteiger partial charge in [-0.1, -0.05) is 0 Å². The molecule has 6 heteroatoms. The van der Waals surface area contributed by atoms with E-state index in [9.17, 15) is 10.1 Å². The summed E-state index contributed by atoms with van der Waals surface area (Å²) >= 11 is 0. The van der Waals surface area contributed by atoms with E-state index in [1.165, 1.54) is 7.11 Å². The van der Waals surface area contributed by atoms with Gasteiger partial charge in [-0.15, -0.1) is 0 Å². The van der Waals surface area contributed by atoms with Crippen LogP contribution in [0.5, 0.6) is 0 Å². The van der Waals surface area contributed by atoms with Crippen molar-refractivity contribution in [3.63, 3.8) is 0 Å². The minimum atomic E-state index is -0.367. The van der Waals surface area contributed by atoms with E-state index in [1.807, 2.05) is 23.9 Å². The molecule has 0 spiro atoms. The van der Waals surface area contributed by atoms with Gasteiger partial charge in [-0.3, -0.25) is 0 Å². The molecule has 2 heterocycles. The summed E-state index contributed by atoms with van der Waals surface area (Å²) < 4.78 is 6.50. The van der Waals surface area contributed by atoms with Crippen molar-refractivity contribution in [2.45, 2.75) is 13.0 Å². The normalized spacial score (nSPS) is 14.2. The highest BCUT2D eigenvalue weighted by atomic mass is 16.5. The molecule has 0 unspecified atom stereocenters. The Morgan fingerprint density at radius 2 is 2.09 bits per heavy atom. The Morgan fingerprint density at radius 1 is 1.36 bits per heavy atom. The summed E-state index contributed by atoms with van der Waals surface area (Å²) in [5.41, 5.74) is 3.87. The van der Waals surface area contributed by atoms with Crippen LogP contribution in [0.4, 0.5) is 0 Å². The summed E-state index contributed by atoms with van der Waals surface area (Å²) in [7, 11) is 3.39. The number of nitrogens with zero attached hydrogens (tertiary/aromatic N) is 4. The number of carbonyl (C=O) groups is 1. The number of carbonyl (C=O) groups excluding carboxylic acids is 1. The van der Waals surface area contributed by atoms with Crippen molar-refractivity contribution in [3.05, 3.63) is 46.8 Å². The highest BCUT2D eigenvalue weighted by Gasteiger charge is 2.23. The van der Waals surface area contributed by atoms with Crippen molar-refractivity contribution < 1.29 is 9.53 Å². The van der Waals surface area contributed by atoms with E-state index >= 15 is 0 Å². The third-order valence-electron chi connectivity index (χ3n) is 3.89. The zero-order chi connectivity index (χ0) is 15.7. The van der Waals surface area contributed by atoms with Crippen LogP contribution in [0.1, 0.15) is 27.3 Å². The van der Waals surface area contributed by atoms with E-state index in [1.54, 1.807) is 12.1 Å². The fourth-order valence-corrected chi connectivity index (χ4v) is 2.71. The monoisotopic (exact) mass is 296 g/mol. The van der Waals surface area contributed by atoms with Gasteiger partial charge in [-0.25, -0.2) is 9.48 Å². The maximum atomic E-state index is 11.5. The van der Waals surface area contributed by atoms with Gasteiger partial charge in [0.25, 0.3) is 0 Å². The topological polar surface area (TPSA) is 71.1 Å². The van der Waals surface area contributed by atoms with Crippen LogP contribution >= 0.6 is 0 Å². The number of methoxy groups -OCH3 is 1. The molecule has 0 bridgehead atoms. The molecular formula is C16H16N4O2. The van der Waals surface area contributed by atoms with Crippen molar-refractivity contribution in [1.82, 2.24) is 14.7 Å². The number of aromatic nitrogens is 2. The van der Waals surface area contributed by atoms with Gasteiger partial charge in [0, 0.05) is 25.1 Å². The van der Waals surface area contributed by atoms with Gasteiger partial charge >= 0.3 is 5.97 Å². The molecule has 0 atom stereocenters. The van der Waals surface area contributed by atoms with Crippen molar-refractivity contribution in [1.29, 1.82) is 5.26 Å². The molecule has 0 radical (unpaired) electrons. The average molecular weight is 296 g/mol. The van der Waals surface area contributed by atoms with E-state index in [-0.39, 0.29) is 5.97 Å². The number of hydrogen-bond donors (Lipinski definition) is 0. The second kappa shape index (κ2) is 5.62.